The van der Waals surface area contributed by atoms with Gasteiger partial charge in [-0.2, -0.15) is 13.9 Å². The number of alkyl halides is 2. The second-order valence-corrected chi connectivity index (χ2v) is 6.15. The molecule has 28 heavy (non-hydrogen) atoms. The first-order chi connectivity index (χ1) is 13.3. The molecule has 1 amide bonds. The van der Waals surface area contributed by atoms with Crippen LogP contribution in [-0.4, -0.2) is 22.8 Å². The SMILES string of the molecule is COc1ccc(/C=C/C(=O)Nc2ccn(Cc3ccc(C(C)(F)F)o3)n2)cc1. The Bertz CT molecular complexity index is 969. The topological polar surface area (TPSA) is 69.3 Å². The van der Waals surface area contributed by atoms with Crippen LogP contribution >= 0.6 is 0 Å². The van der Waals surface area contributed by atoms with Crippen LogP contribution in [0.15, 0.2) is 59.2 Å². The second-order valence-electron chi connectivity index (χ2n) is 6.15. The number of hydrogen-bond acceptors (Lipinski definition) is 4. The van der Waals surface area contributed by atoms with Crippen molar-refractivity contribution in [2.45, 2.75) is 19.4 Å². The normalized spacial score (nSPS) is 11.7. The number of methoxy groups -OCH3 is 1. The molecule has 0 aliphatic carbocycles. The number of nitrogens with zero attached hydrogens (tertiary/aromatic N) is 2. The molecule has 0 saturated carbocycles. The predicted molar refractivity (Wildman–Crippen MR) is 100 cm³/mol. The molecule has 3 rings (SSSR count). The largest absolute Gasteiger partial charge is 0.497 e. The van der Waals surface area contributed by atoms with Crippen molar-refractivity contribution in [2.24, 2.45) is 0 Å². The molecule has 2 heterocycles. The molecule has 1 aromatic carbocycles. The molecule has 0 fully saturated rings. The number of nitrogens with one attached hydrogen (secondary N) is 1. The Morgan fingerprint density at radius 2 is 2.00 bits per heavy atom. The van der Waals surface area contributed by atoms with E-state index in [0.29, 0.717) is 11.6 Å². The number of aromatic nitrogens is 2. The van der Waals surface area contributed by atoms with Gasteiger partial charge in [0.25, 0.3) is 0 Å². The molecule has 2 aromatic heterocycles. The Kier molecular flexibility index (Phi) is 5.58. The van der Waals surface area contributed by atoms with E-state index in [1.807, 2.05) is 12.1 Å². The van der Waals surface area contributed by atoms with E-state index in [4.69, 9.17) is 9.15 Å². The third-order valence-electron chi connectivity index (χ3n) is 3.85. The molecule has 0 spiro atoms. The fourth-order valence-corrected chi connectivity index (χ4v) is 2.43. The molecule has 0 aliphatic rings. The van der Waals surface area contributed by atoms with Gasteiger partial charge in [0.2, 0.25) is 5.91 Å². The van der Waals surface area contributed by atoms with Crippen LogP contribution in [0, 0.1) is 0 Å². The smallest absolute Gasteiger partial charge is 0.301 e. The second kappa shape index (κ2) is 8.08. The van der Waals surface area contributed by atoms with Gasteiger partial charge < -0.3 is 14.5 Å². The van der Waals surface area contributed by atoms with E-state index in [1.54, 1.807) is 37.6 Å². The molecule has 0 radical (unpaired) electrons. The average Bonchev–Trinajstić information content (AvgIpc) is 3.30. The van der Waals surface area contributed by atoms with Gasteiger partial charge in [0.15, 0.2) is 11.6 Å². The first kappa shape index (κ1) is 19.3. The molecule has 3 aromatic rings. The van der Waals surface area contributed by atoms with Crippen molar-refractivity contribution in [1.82, 2.24) is 9.78 Å². The van der Waals surface area contributed by atoms with Gasteiger partial charge >= 0.3 is 5.92 Å². The summed E-state index contributed by atoms with van der Waals surface area (Å²) in [4.78, 5) is 12.0. The molecule has 0 aliphatic heterocycles. The van der Waals surface area contributed by atoms with Gasteiger partial charge in [-0.25, -0.2) is 0 Å². The summed E-state index contributed by atoms with van der Waals surface area (Å²) in [6, 6.07) is 11.6. The summed E-state index contributed by atoms with van der Waals surface area (Å²) in [6.45, 7) is 0.949. The van der Waals surface area contributed by atoms with Gasteiger partial charge in [-0.3, -0.25) is 9.48 Å². The molecule has 1 N–H and O–H groups in total. The molecule has 0 unspecified atom stereocenters. The summed E-state index contributed by atoms with van der Waals surface area (Å²) in [7, 11) is 1.58. The average molecular weight is 387 g/mol. The maximum Gasteiger partial charge on any atom is 0.301 e. The van der Waals surface area contributed by atoms with E-state index in [9.17, 15) is 13.6 Å². The lowest BCUT2D eigenvalue weighted by molar-refractivity contribution is -0.111. The number of carbonyl (C=O) groups excluding carboxylic acids is 1. The summed E-state index contributed by atoms with van der Waals surface area (Å²) in [5.74, 6) is -2.34. The first-order valence-corrected chi connectivity index (χ1v) is 8.47. The zero-order valence-electron chi connectivity index (χ0n) is 15.4. The first-order valence-electron chi connectivity index (χ1n) is 8.47. The van der Waals surface area contributed by atoms with Gasteiger partial charge in [-0.15, -0.1) is 0 Å². The molecule has 0 saturated heterocycles. The molecule has 0 atom stereocenters. The Morgan fingerprint density at radius 3 is 2.64 bits per heavy atom. The van der Waals surface area contributed by atoms with Crippen LogP contribution in [-0.2, 0) is 17.3 Å². The lowest BCUT2D eigenvalue weighted by Gasteiger charge is -2.05. The van der Waals surface area contributed by atoms with Crippen LogP contribution in [0.3, 0.4) is 0 Å². The van der Waals surface area contributed by atoms with E-state index < -0.39 is 11.7 Å². The van der Waals surface area contributed by atoms with Crippen LogP contribution in [0.1, 0.15) is 24.0 Å². The van der Waals surface area contributed by atoms with E-state index in [2.05, 4.69) is 10.4 Å². The van der Waals surface area contributed by atoms with Gasteiger partial charge in [-0.05, 0) is 35.9 Å². The number of halogens is 2. The lowest BCUT2D eigenvalue weighted by atomic mass is 10.2. The van der Waals surface area contributed by atoms with Crippen molar-refractivity contribution >= 4 is 17.8 Å². The Hall–Kier alpha value is -3.42. The minimum atomic E-state index is -3.03. The standard InChI is InChI=1S/C20H19F2N3O3/c1-20(21,22)17-9-8-16(28-17)13-25-12-11-18(24-25)23-19(26)10-5-14-3-6-15(27-2)7-4-14/h3-12H,13H2,1-2H3,(H,23,24,26)/b10-5+. The van der Waals surface area contributed by atoms with Crippen LogP contribution in [0.5, 0.6) is 5.75 Å². The highest BCUT2D eigenvalue weighted by Crippen LogP contribution is 2.28. The zero-order valence-corrected chi connectivity index (χ0v) is 15.4. The summed E-state index contributed by atoms with van der Waals surface area (Å²) >= 11 is 0. The maximum atomic E-state index is 13.2. The number of furan rings is 1. The van der Waals surface area contributed by atoms with Crippen molar-refractivity contribution in [2.75, 3.05) is 12.4 Å². The number of anilines is 1. The van der Waals surface area contributed by atoms with Gasteiger partial charge in [-0.1, -0.05) is 12.1 Å². The number of ether oxygens (including phenoxy) is 1. The third kappa shape index (κ3) is 5.06. The van der Waals surface area contributed by atoms with Crippen molar-refractivity contribution < 1.29 is 22.7 Å². The van der Waals surface area contributed by atoms with Crippen LogP contribution in [0.4, 0.5) is 14.6 Å². The zero-order chi connectivity index (χ0) is 20.1. The van der Waals surface area contributed by atoms with Crippen LogP contribution in [0.2, 0.25) is 0 Å². The molecular weight excluding hydrogens is 368 g/mol. The molecular formula is C20H19F2N3O3. The number of benzene rings is 1. The van der Waals surface area contributed by atoms with E-state index in [-0.39, 0.29) is 12.5 Å². The van der Waals surface area contributed by atoms with Gasteiger partial charge in [0.05, 0.1) is 13.7 Å². The number of carbonyl (C=O) groups is 1. The Morgan fingerprint density at radius 1 is 1.25 bits per heavy atom. The number of amides is 1. The number of hydrogen-bond donors (Lipinski definition) is 1. The highest BCUT2D eigenvalue weighted by atomic mass is 19.3. The van der Waals surface area contributed by atoms with E-state index >= 15 is 0 Å². The Labute approximate surface area is 160 Å². The summed E-state index contributed by atoms with van der Waals surface area (Å²) in [5.41, 5.74) is 0.850. The highest BCUT2D eigenvalue weighted by molar-refractivity contribution is 6.01. The van der Waals surface area contributed by atoms with E-state index in [0.717, 1.165) is 18.2 Å². The van der Waals surface area contributed by atoms with Crippen molar-refractivity contribution in [1.29, 1.82) is 0 Å². The molecule has 8 heteroatoms. The molecule has 6 nitrogen and oxygen atoms in total. The maximum absolute atomic E-state index is 13.2. The lowest BCUT2D eigenvalue weighted by Crippen LogP contribution is -2.09. The fourth-order valence-electron chi connectivity index (χ4n) is 2.43. The van der Waals surface area contributed by atoms with Crippen LogP contribution in [0.25, 0.3) is 6.08 Å². The minimum Gasteiger partial charge on any atom is -0.497 e. The fraction of sp³-hybridized carbons (Fsp3) is 0.200. The molecule has 146 valence electrons. The summed E-state index contributed by atoms with van der Waals surface area (Å²) in [5, 5.41) is 6.82. The van der Waals surface area contributed by atoms with Crippen molar-refractivity contribution in [3.63, 3.8) is 0 Å². The van der Waals surface area contributed by atoms with Gasteiger partial charge in [0, 0.05) is 25.3 Å². The number of rotatable bonds is 7. The molecule has 0 bridgehead atoms. The van der Waals surface area contributed by atoms with E-state index in [1.165, 1.54) is 22.9 Å². The minimum absolute atomic E-state index is 0.174. The summed E-state index contributed by atoms with van der Waals surface area (Å²) in [6.07, 6.45) is 4.68. The van der Waals surface area contributed by atoms with Crippen LogP contribution < -0.4 is 10.1 Å². The third-order valence-corrected chi connectivity index (χ3v) is 3.85. The quantitative estimate of drug-likeness (QED) is 0.614. The Balaban J connectivity index is 1.57. The predicted octanol–water partition coefficient (Wildman–Crippen LogP) is 4.30. The highest BCUT2D eigenvalue weighted by Gasteiger charge is 2.28. The van der Waals surface area contributed by atoms with Gasteiger partial charge in [0.1, 0.15) is 11.5 Å². The summed E-state index contributed by atoms with van der Waals surface area (Å²) < 4.78 is 38.1. The monoisotopic (exact) mass is 387 g/mol. The van der Waals surface area contributed by atoms with Crippen molar-refractivity contribution in [3.05, 3.63) is 71.8 Å². The van der Waals surface area contributed by atoms with Crippen molar-refractivity contribution in [3.8, 4) is 5.75 Å².